The summed E-state index contributed by atoms with van der Waals surface area (Å²) < 4.78 is 7.07. The van der Waals surface area contributed by atoms with Crippen LogP contribution in [0.1, 0.15) is 34.6 Å². The van der Waals surface area contributed by atoms with Gasteiger partial charge in [0, 0.05) is 17.9 Å². The van der Waals surface area contributed by atoms with E-state index in [-0.39, 0.29) is 11.8 Å². The first-order valence-corrected chi connectivity index (χ1v) is 7.90. The summed E-state index contributed by atoms with van der Waals surface area (Å²) in [5.41, 5.74) is 8.10. The van der Waals surface area contributed by atoms with Crippen LogP contribution in [0.15, 0.2) is 30.3 Å². The molecule has 1 atom stereocenters. The van der Waals surface area contributed by atoms with E-state index in [9.17, 15) is 9.59 Å². The molecule has 1 aliphatic heterocycles. The highest BCUT2D eigenvalue weighted by atomic mass is 16.5. The summed E-state index contributed by atoms with van der Waals surface area (Å²) in [5.74, 6) is -0.693. The minimum absolute atomic E-state index is 0.319. The molecule has 0 aliphatic carbocycles. The van der Waals surface area contributed by atoms with Crippen LogP contribution in [0, 0.1) is 13.8 Å². The summed E-state index contributed by atoms with van der Waals surface area (Å²) in [4.78, 5) is 23.9. The Kier molecular flexibility index (Phi) is 4.61. The zero-order valence-corrected chi connectivity index (χ0v) is 13.7. The third-order valence-electron chi connectivity index (χ3n) is 3.91. The Bertz CT molecular complexity index is 746. The largest absolute Gasteiger partial charge is 0.368 e. The lowest BCUT2D eigenvalue weighted by atomic mass is 10.2. The van der Waals surface area contributed by atoms with Gasteiger partial charge in [-0.1, -0.05) is 0 Å². The molecule has 2 heterocycles. The second-order valence-corrected chi connectivity index (χ2v) is 5.83. The summed E-state index contributed by atoms with van der Waals surface area (Å²) in [6, 6.07) is 9.01. The fourth-order valence-electron chi connectivity index (χ4n) is 2.70. The van der Waals surface area contributed by atoms with Crippen LogP contribution < -0.4 is 10.9 Å². The standard InChI is InChI=1S/C17H20N4O3/c1-11-10-12(2)21(20-11)14-7-5-13(6-8-14)16(22)18-19-17(23)15-4-3-9-24-15/h5-8,10,15H,3-4,9H2,1-2H3,(H,18,22)(H,19,23)/t15-/m0/s1. The molecule has 2 N–H and O–H groups in total. The Morgan fingerprint density at radius 2 is 1.96 bits per heavy atom. The molecule has 1 aromatic heterocycles. The van der Waals surface area contributed by atoms with E-state index in [4.69, 9.17) is 4.74 Å². The lowest BCUT2D eigenvalue weighted by molar-refractivity contribution is -0.130. The Labute approximate surface area is 140 Å². The molecule has 0 unspecified atom stereocenters. The number of ether oxygens (including phenoxy) is 1. The van der Waals surface area contributed by atoms with Gasteiger partial charge in [-0.3, -0.25) is 20.4 Å². The number of carbonyl (C=O) groups is 2. The molecule has 1 fully saturated rings. The first-order valence-electron chi connectivity index (χ1n) is 7.90. The van der Waals surface area contributed by atoms with Crippen molar-refractivity contribution in [3.63, 3.8) is 0 Å². The molecule has 24 heavy (non-hydrogen) atoms. The van der Waals surface area contributed by atoms with Crippen LogP contribution in [0.2, 0.25) is 0 Å². The van der Waals surface area contributed by atoms with Gasteiger partial charge in [-0.25, -0.2) is 4.68 Å². The number of aryl methyl sites for hydroxylation is 2. The van der Waals surface area contributed by atoms with Crippen molar-refractivity contribution < 1.29 is 14.3 Å². The van der Waals surface area contributed by atoms with Gasteiger partial charge in [0.2, 0.25) is 0 Å². The highest BCUT2D eigenvalue weighted by Crippen LogP contribution is 2.13. The molecule has 0 spiro atoms. The molecular weight excluding hydrogens is 308 g/mol. The van der Waals surface area contributed by atoms with Crippen LogP contribution >= 0.6 is 0 Å². The van der Waals surface area contributed by atoms with Crippen molar-refractivity contribution in [1.82, 2.24) is 20.6 Å². The van der Waals surface area contributed by atoms with E-state index in [2.05, 4.69) is 16.0 Å². The first kappa shape index (κ1) is 16.2. The Morgan fingerprint density at radius 1 is 1.21 bits per heavy atom. The maximum absolute atomic E-state index is 12.1. The van der Waals surface area contributed by atoms with Gasteiger partial charge in [0.05, 0.1) is 11.4 Å². The predicted molar refractivity (Wildman–Crippen MR) is 87.6 cm³/mol. The Morgan fingerprint density at radius 3 is 2.54 bits per heavy atom. The van der Waals surface area contributed by atoms with Gasteiger partial charge >= 0.3 is 0 Å². The molecule has 3 rings (SSSR count). The number of hydrogen-bond donors (Lipinski definition) is 2. The number of hydrogen-bond acceptors (Lipinski definition) is 4. The first-order chi connectivity index (χ1) is 11.5. The average molecular weight is 328 g/mol. The van der Waals surface area contributed by atoms with Gasteiger partial charge in [-0.2, -0.15) is 5.10 Å². The fraction of sp³-hybridized carbons (Fsp3) is 0.353. The highest BCUT2D eigenvalue weighted by molar-refractivity contribution is 5.95. The maximum atomic E-state index is 12.1. The summed E-state index contributed by atoms with van der Waals surface area (Å²) >= 11 is 0. The molecule has 0 saturated carbocycles. The van der Waals surface area contributed by atoms with Crippen molar-refractivity contribution in [2.75, 3.05) is 6.61 Å². The Hall–Kier alpha value is -2.67. The molecule has 7 nitrogen and oxygen atoms in total. The molecule has 126 valence electrons. The zero-order chi connectivity index (χ0) is 17.1. The van der Waals surface area contributed by atoms with Gasteiger partial charge in [0.15, 0.2) is 0 Å². The monoisotopic (exact) mass is 328 g/mol. The second kappa shape index (κ2) is 6.84. The van der Waals surface area contributed by atoms with Gasteiger partial charge in [0.1, 0.15) is 6.10 Å². The van der Waals surface area contributed by atoms with Crippen molar-refractivity contribution in [2.45, 2.75) is 32.8 Å². The van der Waals surface area contributed by atoms with E-state index in [1.54, 1.807) is 12.1 Å². The summed E-state index contributed by atoms with van der Waals surface area (Å²) in [5, 5.41) is 4.40. The van der Waals surface area contributed by atoms with Crippen molar-refractivity contribution in [1.29, 1.82) is 0 Å². The highest BCUT2D eigenvalue weighted by Gasteiger charge is 2.23. The molecule has 1 aliphatic rings. The molecular formula is C17H20N4O3. The van der Waals surface area contributed by atoms with Gasteiger partial charge in [0.25, 0.3) is 11.8 Å². The third kappa shape index (κ3) is 3.46. The number of aromatic nitrogens is 2. The normalized spacial score (nSPS) is 16.8. The van der Waals surface area contributed by atoms with Gasteiger partial charge in [-0.05, 0) is 57.0 Å². The Balaban J connectivity index is 1.61. The van der Waals surface area contributed by atoms with Gasteiger partial charge in [-0.15, -0.1) is 0 Å². The molecule has 0 bridgehead atoms. The van der Waals surface area contributed by atoms with Crippen LogP contribution in [-0.4, -0.2) is 34.3 Å². The number of carbonyl (C=O) groups excluding carboxylic acids is 2. The summed E-state index contributed by atoms with van der Waals surface area (Å²) in [6.07, 6.45) is 1.07. The van der Waals surface area contributed by atoms with Crippen molar-refractivity contribution in [2.24, 2.45) is 0 Å². The van der Waals surface area contributed by atoms with Crippen molar-refractivity contribution >= 4 is 11.8 Å². The molecule has 1 saturated heterocycles. The maximum Gasteiger partial charge on any atom is 0.269 e. The van der Waals surface area contributed by atoms with Crippen molar-refractivity contribution in [3.05, 3.63) is 47.3 Å². The van der Waals surface area contributed by atoms with Crippen LogP contribution in [0.4, 0.5) is 0 Å². The van der Waals surface area contributed by atoms with Crippen LogP contribution in [0.3, 0.4) is 0 Å². The van der Waals surface area contributed by atoms with Crippen LogP contribution in [0.25, 0.3) is 5.69 Å². The minimum atomic E-state index is -0.473. The van der Waals surface area contributed by atoms with E-state index in [0.29, 0.717) is 18.6 Å². The quantitative estimate of drug-likeness (QED) is 0.835. The van der Waals surface area contributed by atoms with Gasteiger partial charge < -0.3 is 4.74 Å². The number of hydrazine groups is 1. The average Bonchev–Trinajstić information content (AvgIpc) is 3.22. The van der Waals surface area contributed by atoms with E-state index in [0.717, 1.165) is 23.5 Å². The number of nitrogens with one attached hydrogen (secondary N) is 2. The topological polar surface area (TPSA) is 85.2 Å². The minimum Gasteiger partial charge on any atom is -0.368 e. The van der Waals surface area contributed by atoms with E-state index < -0.39 is 6.10 Å². The predicted octanol–water partition coefficient (Wildman–Crippen LogP) is 1.43. The van der Waals surface area contributed by atoms with Crippen LogP contribution in [-0.2, 0) is 9.53 Å². The third-order valence-corrected chi connectivity index (χ3v) is 3.91. The smallest absolute Gasteiger partial charge is 0.269 e. The van der Waals surface area contributed by atoms with E-state index in [1.165, 1.54) is 0 Å². The fourth-order valence-corrected chi connectivity index (χ4v) is 2.70. The molecule has 7 heteroatoms. The summed E-state index contributed by atoms with van der Waals surface area (Å²) in [7, 11) is 0. The molecule has 1 aromatic carbocycles. The zero-order valence-electron chi connectivity index (χ0n) is 13.7. The molecule has 0 radical (unpaired) electrons. The summed E-state index contributed by atoms with van der Waals surface area (Å²) in [6.45, 7) is 4.49. The lowest BCUT2D eigenvalue weighted by Gasteiger charge is -2.11. The van der Waals surface area contributed by atoms with E-state index >= 15 is 0 Å². The van der Waals surface area contributed by atoms with Crippen molar-refractivity contribution in [3.8, 4) is 5.69 Å². The number of amides is 2. The number of rotatable bonds is 3. The van der Waals surface area contributed by atoms with Crippen LogP contribution in [0.5, 0.6) is 0 Å². The number of nitrogens with zero attached hydrogens (tertiary/aromatic N) is 2. The van der Waals surface area contributed by atoms with E-state index in [1.807, 2.05) is 36.7 Å². The second-order valence-electron chi connectivity index (χ2n) is 5.83. The number of benzene rings is 1. The molecule has 2 aromatic rings. The lowest BCUT2D eigenvalue weighted by Crippen LogP contribution is -2.46. The SMILES string of the molecule is Cc1cc(C)n(-c2ccc(C(=O)NNC(=O)[C@@H]3CCCO3)cc2)n1. The molecule has 2 amide bonds.